The van der Waals surface area contributed by atoms with Gasteiger partial charge in [0.25, 0.3) is 0 Å². The van der Waals surface area contributed by atoms with Crippen LogP contribution in [0.5, 0.6) is 0 Å². The summed E-state index contributed by atoms with van der Waals surface area (Å²) in [5.74, 6) is 0.803. The van der Waals surface area contributed by atoms with Gasteiger partial charge in [0, 0.05) is 0 Å². The Bertz CT molecular complexity index is 43.7. The molecule has 1 unspecified atom stereocenters. The molecule has 0 aliphatic heterocycles. The molecule has 0 fully saturated rings. The van der Waals surface area contributed by atoms with Crippen LogP contribution in [0.15, 0.2) is 0 Å². The van der Waals surface area contributed by atoms with Crippen molar-refractivity contribution in [3.63, 3.8) is 0 Å². The van der Waals surface area contributed by atoms with E-state index in [9.17, 15) is 0 Å². The number of rotatable bonds is 4. The van der Waals surface area contributed by atoms with E-state index in [0.717, 1.165) is 19.0 Å². The van der Waals surface area contributed by atoms with Crippen LogP contribution in [-0.4, -0.2) is 13.1 Å². The van der Waals surface area contributed by atoms with Crippen LogP contribution in [-0.2, 0) is 0 Å². The minimum absolute atomic E-state index is 0.803. The van der Waals surface area contributed by atoms with Gasteiger partial charge in [-0.1, -0.05) is 20.3 Å². The van der Waals surface area contributed by atoms with E-state index in [1.165, 1.54) is 6.42 Å². The molecule has 1 atom stereocenters. The van der Waals surface area contributed by atoms with Crippen molar-refractivity contribution in [2.45, 2.75) is 20.3 Å². The normalized spacial score (nSPS) is 13.9. The molecule has 1 N–H and O–H groups in total. The largest absolute Gasteiger partial charge is 0.316 e. The summed E-state index contributed by atoms with van der Waals surface area (Å²) >= 11 is 0. The Morgan fingerprint density at radius 3 is 2.62 bits per heavy atom. The van der Waals surface area contributed by atoms with E-state index in [4.69, 9.17) is 0 Å². The third kappa shape index (κ3) is 4.13. The maximum atomic E-state index is 3.68. The van der Waals surface area contributed by atoms with Gasteiger partial charge in [-0.05, 0) is 25.9 Å². The van der Waals surface area contributed by atoms with Crippen molar-refractivity contribution in [3.05, 3.63) is 6.92 Å². The first-order valence-electron chi connectivity index (χ1n) is 3.31. The summed E-state index contributed by atoms with van der Waals surface area (Å²) in [5, 5.41) is 3.19. The second kappa shape index (κ2) is 5.10. The summed E-state index contributed by atoms with van der Waals surface area (Å²) in [7, 11) is 0. The third-order valence-corrected chi connectivity index (χ3v) is 1.37. The quantitative estimate of drug-likeness (QED) is 0.583. The van der Waals surface area contributed by atoms with E-state index in [0.29, 0.717) is 0 Å². The average Bonchev–Trinajstić information content (AvgIpc) is 1.83. The minimum Gasteiger partial charge on any atom is -0.316 e. The fourth-order valence-corrected chi connectivity index (χ4v) is 0.493. The highest BCUT2D eigenvalue weighted by Crippen LogP contribution is 1.95. The van der Waals surface area contributed by atoms with Gasteiger partial charge in [0.2, 0.25) is 0 Å². The summed E-state index contributed by atoms with van der Waals surface area (Å²) in [6.07, 6.45) is 1.26. The molecule has 0 aliphatic rings. The monoisotopic (exact) mass is 114 g/mol. The fraction of sp³-hybridized carbons (Fsp3) is 0.857. The maximum absolute atomic E-state index is 3.68. The topological polar surface area (TPSA) is 12.0 Å². The van der Waals surface area contributed by atoms with Gasteiger partial charge in [-0.3, -0.25) is 0 Å². The van der Waals surface area contributed by atoms with Gasteiger partial charge in [-0.25, -0.2) is 0 Å². The molecule has 8 heavy (non-hydrogen) atoms. The summed E-state index contributed by atoms with van der Waals surface area (Å²) in [6, 6.07) is 0. The Kier molecular flexibility index (Phi) is 5.08. The molecular formula is C7H16N. The maximum Gasteiger partial charge on any atom is -0.00233 e. The van der Waals surface area contributed by atoms with Crippen molar-refractivity contribution in [3.8, 4) is 0 Å². The first kappa shape index (κ1) is 7.96. The molecule has 0 aromatic heterocycles. The molecule has 0 heterocycles. The van der Waals surface area contributed by atoms with Crippen molar-refractivity contribution in [2.75, 3.05) is 13.1 Å². The lowest BCUT2D eigenvalue weighted by molar-refractivity contribution is 0.516. The second-order valence-corrected chi connectivity index (χ2v) is 2.22. The lowest BCUT2D eigenvalue weighted by atomic mass is 10.1. The number of nitrogens with one attached hydrogen (secondary N) is 1. The van der Waals surface area contributed by atoms with Crippen LogP contribution in [0, 0.1) is 12.8 Å². The Labute approximate surface area is 52.5 Å². The zero-order valence-corrected chi connectivity index (χ0v) is 5.91. The molecule has 0 bridgehead atoms. The van der Waals surface area contributed by atoms with Gasteiger partial charge >= 0.3 is 0 Å². The Morgan fingerprint density at radius 2 is 2.25 bits per heavy atom. The average molecular weight is 114 g/mol. The molecule has 1 nitrogen and oxygen atoms in total. The number of hydrogen-bond acceptors (Lipinski definition) is 1. The van der Waals surface area contributed by atoms with Crippen molar-refractivity contribution in [1.29, 1.82) is 0 Å². The molecule has 0 saturated heterocycles. The Balaban J connectivity index is 2.86. The summed E-state index contributed by atoms with van der Waals surface area (Å²) in [6.45, 7) is 10.1. The van der Waals surface area contributed by atoms with Crippen LogP contribution < -0.4 is 5.32 Å². The van der Waals surface area contributed by atoms with Crippen LogP contribution in [0.3, 0.4) is 0 Å². The molecule has 0 aliphatic carbocycles. The zero-order chi connectivity index (χ0) is 6.41. The number of hydrogen-bond donors (Lipinski definition) is 1. The smallest absolute Gasteiger partial charge is 0.00233 e. The highest BCUT2D eigenvalue weighted by atomic mass is 14.8. The standard InChI is InChI=1S/C7H16N/c1-4-7(3)6-8-5-2/h7-8H,2,4-6H2,1,3H3. The molecule has 0 aromatic rings. The van der Waals surface area contributed by atoms with Gasteiger partial charge in [-0.2, -0.15) is 0 Å². The predicted molar refractivity (Wildman–Crippen MR) is 37.7 cm³/mol. The van der Waals surface area contributed by atoms with E-state index in [1.807, 2.05) is 0 Å². The van der Waals surface area contributed by atoms with Crippen molar-refractivity contribution in [1.82, 2.24) is 5.32 Å². The lowest BCUT2D eigenvalue weighted by Crippen LogP contribution is -2.19. The summed E-state index contributed by atoms with van der Waals surface area (Å²) < 4.78 is 0. The van der Waals surface area contributed by atoms with E-state index >= 15 is 0 Å². The molecule has 1 radical (unpaired) electrons. The van der Waals surface area contributed by atoms with Gasteiger partial charge < -0.3 is 5.32 Å². The lowest BCUT2D eigenvalue weighted by Gasteiger charge is -2.06. The van der Waals surface area contributed by atoms with Crippen molar-refractivity contribution >= 4 is 0 Å². The van der Waals surface area contributed by atoms with E-state index in [-0.39, 0.29) is 0 Å². The molecule has 1 heteroatoms. The zero-order valence-electron chi connectivity index (χ0n) is 5.91. The van der Waals surface area contributed by atoms with Gasteiger partial charge in [0.1, 0.15) is 0 Å². The van der Waals surface area contributed by atoms with Crippen LogP contribution in [0.4, 0.5) is 0 Å². The van der Waals surface area contributed by atoms with Gasteiger partial charge in [-0.15, -0.1) is 0 Å². The highest BCUT2D eigenvalue weighted by molar-refractivity contribution is 4.54. The van der Waals surface area contributed by atoms with Crippen LogP contribution in [0.1, 0.15) is 20.3 Å². The van der Waals surface area contributed by atoms with Gasteiger partial charge in [0.05, 0.1) is 0 Å². The first-order chi connectivity index (χ1) is 3.81. The van der Waals surface area contributed by atoms with Crippen LogP contribution in [0.2, 0.25) is 0 Å². The predicted octanol–water partition coefficient (Wildman–Crippen LogP) is 1.46. The molecule has 0 amide bonds. The molecule has 0 saturated carbocycles. The van der Waals surface area contributed by atoms with E-state index in [2.05, 4.69) is 26.1 Å². The Morgan fingerprint density at radius 1 is 1.62 bits per heavy atom. The molecule has 0 aromatic carbocycles. The third-order valence-electron chi connectivity index (χ3n) is 1.37. The van der Waals surface area contributed by atoms with E-state index < -0.39 is 0 Å². The second-order valence-electron chi connectivity index (χ2n) is 2.22. The molecule has 0 rings (SSSR count). The summed E-state index contributed by atoms with van der Waals surface area (Å²) in [5.41, 5.74) is 0. The van der Waals surface area contributed by atoms with E-state index in [1.54, 1.807) is 0 Å². The molecule has 0 spiro atoms. The van der Waals surface area contributed by atoms with Gasteiger partial charge in [0.15, 0.2) is 0 Å². The van der Waals surface area contributed by atoms with Crippen LogP contribution in [0.25, 0.3) is 0 Å². The fourth-order valence-electron chi connectivity index (χ4n) is 0.493. The molecule has 49 valence electrons. The van der Waals surface area contributed by atoms with Crippen molar-refractivity contribution in [2.24, 2.45) is 5.92 Å². The molecular weight excluding hydrogens is 98.1 g/mol. The SMILES string of the molecule is [CH2]CNCC(C)CC. The summed E-state index contributed by atoms with van der Waals surface area (Å²) in [4.78, 5) is 0. The van der Waals surface area contributed by atoms with Crippen molar-refractivity contribution < 1.29 is 0 Å². The first-order valence-corrected chi connectivity index (χ1v) is 3.31. The van der Waals surface area contributed by atoms with Crippen LogP contribution >= 0.6 is 0 Å². The minimum atomic E-state index is 0.803. The highest BCUT2D eigenvalue weighted by Gasteiger charge is 1.93. The Hall–Kier alpha value is -0.0400.